The number of phenols is 1. The summed E-state index contributed by atoms with van der Waals surface area (Å²) in [5.41, 5.74) is 4.06. The van der Waals surface area contributed by atoms with Gasteiger partial charge in [-0.3, -0.25) is 9.59 Å². The zero-order chi connectivity index (χ0) is 18.8. The van der Waals surface area contributed by atoms with Crippen LogP contribution in [0.1, 0.15) is 29.5 Å². The lowest BCUT2D eigenvalue weighted by atomic mass is 10.1. The maximum Gasteiger partial charge on any atom is 0.271 e. The van der Waals surface area contributed by atoms with E-state index >= 15 is 0 Å². The number of hydrogen-bond donors (Lipinski definition) is 2. The highest BCUT2D eigenvalue weighted by Gasteiger charge is 2.27. The van der Waals surface area contributed by atoms with Crippen LogP contribution in [-0.4, -0.2) is 22.6 Å². The fourth-order valence-corrected chi connectivity index (χ4v) is 2.79. The zero-order valence-electron chi connectivity index (χ0n) is 15.0. The van der Waals surface area contributed by atoms with Gasteiger partial charge in [-0.25, -0.2) is 5.01 Å². The number of aromatic hydroxyl groups is 1. The maximum atomic E-state index is 12.5. The van der Waals surface area contributed by atoms with Crippen molar-refractivity contribution in [2.24, 2.45) is 5.10 Å². The number of nitrogens with one attached hydrogen (secondary N) is 1. The highest BCUT2D eigenvalue weighted by molar-refractivity contribution is 6.44. The molecule has 2 aromatic carbocycles. The first kappa shape index (κ1) is 17.7. The number of carbonyl (C=O) groups excluding carboxylic acids is 2. The first-order valence-electron chi connectivity index (χ1n) is 8.44. The van der Waals surface area contributed by atoms with E-state index in [4.69, 9.17) is 0 Å². The van der Waals surface area contributed by atoms with E-state index in [9.17, 15) is 14.7 Å². The van der Waals surface area contributed by atoms with Crippen molar-refractivity contribution in [2.75, 3.05) is 10.3 Å². The predicted octanol–water partition coefficient (Wildman–Crippen LogP) is 3.44. The quantitative estimate of drug-likeness (QED) is 0.831. The lowest BCUT2D eigenvalue weighted by molar-refractivity contribution is -0.118. The van der Waals surface area contributed by atoms with E-state index in [2.05, 4.69) is 10.4 Å². The average molecular weight is 351 g/mol. The largest absolute Gasteiger partial charge is 0.506 e. The molecule has 0 unspecified atom stereocenters. The maximum absolute atomic E-state index is 12.5. The van der Waals surface area contributed by atoms with E-state index in [0.29, 0.717) is 11.4 Å². The molecule has 0 bridgehead atoms. The van der Waals surface area contributed by atoms with Gasteiger partial charge in [-0.15, -0.1) is 0 Å². The van der Waals surface area contributed by atoms with Crippen LogP contribution in [0.5, 0.6) is 5.75 Å². The Labute approximate surface area is 152 Å². The van der Waals surface area contributed by atoms with Crippen molar-refractivity contribution >= 4 is 28.9 Å². The molecule has 0 spiro atoms. The number of amides is 2. The minimum atomic E-state index is -0.424. The smallest absolute Gasteiger partial charge is 0.271 e. The molecule has 0 fully saturated rings. The van der Waals surface area contributed by atoms with Gasteiger partial charge in [0.15, 0.2) is 0 Å². The molecule has 1 heterocycles. The summed E-state index contributed by atoms with van der Waals surface area (Å²) >= 11 is 0. The molecule has 0 aliphatic carbocycles. The molecule has 0 saturated carbocycles. The highest BCUT2D eigenvalue weighted by atomic mass is 16.3. The molecule has 26 heavy (non-hydrogen) atoms. The second-order valence-corrected chi connectivity index (χ2v) is 6.52. The lowest BCUT2D eigenvalue weighted by Gasteiger charge is -2.25. The van der Waals surface area contributed by atoms with Gasteiger partial charge in [-0.1, -0.05) is 18.2 Å². The summed E-state index contributed by atoms with van der Waals surface area (Å²) in [4.78, 5) is 24.9. The minimum Gasteiger partial charge on any atom is -0.506 e. The fraction of sp³-hybridized carbons (Fsp3) is 0.250. The number of nitrogens with zero attached hydrogens (tertiary/aromatic N) is 2. The third kappa shape index (κ3) is 3.59. The van der Waals surface area contributed by atoms with Crippen LogP contribution in [0.4, 0.5) is 11.4 Å². The van der Waals surface area contributed by atoms with Gasteiger partial charge in [0.05, 0.1) is 11.4 Å². The van der Waals surface area contributed by atoms with Crippen molar-refractivity contribution in [1.29, 1.82) is 0 Å². The number of benzene rings is 2. The van der Waals surface area contributed by atoms with Crippen molar-refractivity contribution in [3.8, 4) is 5.75 Å². The first-order valence-corrected chi connectivity index (χ1v) is 8.44. The van der Waals surface area contributed by atoms with Gasteiger partial charge in [-0.05, 0) is 55.7 Å². The summed E-state index contributed by atoms with van der Waals surface area (Å²) in [6.45, 7) is 5.69. The zero-order valence-corrected chi connectivity index (χ0v) is 15.0. The molecule has 3 rings (SSSR count). The molecule has 2 amide bonds. The van der Waals surface area contributed by atoms with E-state index in [1.807, 2.05) is 39.0 Å². The predicted molar refractivity (Wildman–Crippen MR) is 102 cm³/mol. The Morgan fingerprint density at radius 1 is 1.08 bits per heavy atom. The molecule has 1 aliphatic heterocycles. The van der Waals surface area contributed by atoms with Gasteiger partial charge in [-0.2, -0.15) is 5.10 Å². The van der Waals surface area contributed by atoms with Crippen LogP contribution in [0.2, 0.25) is 0 Å². The number of hydrogen-bond acceptors (Lipinski definition) is 4. The van der Waals surface area contributed by atoms with Crippen LogP contribution < -0.4 is 10.3 Å². The molecular weight excluding hydrogens is 330 g/mol. The van der Waals surface area contributed by atoms with E-state index in [-0.39, 0.29) is 30.2 Å². The van der Waals surface area contributed by atoms with Crippen LogP contribution in [0.3, 0.4) is 0 Å². The summed E-state index contributed by atoms with van der Waals surface area (Å²) in [6.07, 6.45) is 0.470. The molecule has 0 atom stereocenters. The standard InChI is InChI=1S/C20H21N3O3/c1-12-4-6-14(3)17(10-12)23-19(25)9-8-16(22-23)20(26)21-15-7-5-13(2)11-18(15)24/h4-7,10-11,24H,8-9H2,1-3H3,(H,21,26). The normalized spacial score (nSPS) is 14.2. The molecule has 6 nitrogen and oxygen atoms in total. The van der Waals surface area contributed by atoms with Crippen molar-refractivity contribution in [3.63, 3.8) is 0 Å². The van der Waals surface area contributed by atoms with Crippen LogP contribution in [-0.2, 0) is 9.59 Å². The molecule has 0 aromatic heterocycles. The van der Waals surface area contributed by atoms with Gasteiger partial charge >= 0.3 is 0 Å². The van der Waals surface area contributed by atoms with E-state index in [1.165, 1.54) is 5.01 Å². The Hall–Kier alpha value is -3.15. The monoisotopic (exact) mass is 351 g/mol. The second kappa shape index (κ2) is 7.00. The Morgan fingerprint density at radius 2 is 1.77 bits per heavy atom. The number of hydrazone groups is 1. The van der Waals surface area contributed by atoms with Crippen LogP contribution in [0.25, 0.3) is 0 Å². The SMILES string of the molecule is Cc1ccc(NC(=O)C2=NN(c3cc(C)ccc3C)C(=O)CC2)c(O)c1. The molecule has 1 aliphatic rings. The van der Waals surface area contributed by atoms with E-state index in [1.54, 1.807) is 18.2 Å². The third-order valence-corrected chi connectivity index (χ3v) is 4.29. The van der Waals surface area contributed by atoms with Gasteiger partial charge in [0, 0.05) is 12.8 Å². The summed E-state index contributed by atoms with van der Waals surface area (Å²) in [5.74, 6) is -0.572. The molecule has 0 radical (unpaired) electrons. The average Bonchev–Trinajstić information content (AvgIpc) is 2.60. The van der Waals surface area contributed by atoms with Crippen molar-refractivity contribution in [1.82, 2.24) is 0 Å². The first-order chi connectivity index (χ1) is 12.3. The Bertz CT molecular complexity index is 919. The highest BCUT2D eigenvalue weighted by Crippen LogP contribution is 2.27. The number of anilines is 2. The van der Waals surface area contributed by atoms with Crippen LogP contribution in [0.15, 0.2) is 41.5 Å². The van der Waals surface area contributed by atoms with E-state index in [0.717, 1.165) is 16.7 Å². The fourth-order valence-electron chi connectivity index (χ4n) is 2.79. The lowest BCUT2D eigenvalue weighted by Crippen LogP contribution is -2.36. The molecule has 134 valence electrons. The third-order valence-electron chi connectivity index (χ3n) is 4.29. The molecule has 2 aromatic rings. The van der Waals surface area contributed by atoms with Gasteiger partial charge in [0.25, 0.3) is 5.91 Å². The number of phenolic OH excluding ortho intramolecular Hbond substituents is 1. The van der Waals surface area contributed by atoms with Crippen molar-refractivity contribution in [3.05, 3.63) is 53.1 Å². The summed E-state index contributed by atoms with van der Waals surface area (Å²) in [5, 5.41) is 18.2. The van der Waals surface area contributed by atoms with Gasteiger partial charge < -0.3 is 10.4 Å². The Balaban J connectivity index is 1.88. The Kier molecular flexibility index (Phi) is 4.75. The summed E-state index contributed by atoms with van der Waals surface area (Å²) in [6, 6.07) is 10.8. The number of aryl methyl sites for hydroxylation is 3. The van der Waals surface area contributed by atoms with Gasteiger partial charge in [0.1, 0.15) is 11.5 Å². The number of rotatable bonds is 3. The Morgan fingerprint density at radius 3 is 2.50 bits per heavy atom. The summed E-state index contributed by atoms with van der Waals surface area (Å²) < 4.78 is 0. The topological polar surface area (TPSA) is 82.0 Å². The molecule has 0 saturated heterocycles. The van der Waals surface area contributed by atoms with Crippen molar-refractivity contribution < 1.29 is 14.7 Å². The van der Waals surface area contributed by atoms with Crippen LogP contribution >= 0.6 is 0 Å². The van der Waals surface area contributed by atoms with Crippen molar-refractivity contribution in [2.45, 2.75) is 33.6 Å². The minimum absolute atomic E-state index is 0.00257. The molecule has 6 heteroatoms. The van der Waals surface area contributed by atoms with Gasteiger partial charge in [0.2, 0.25) is 5.91 Å². The summed E-state index contributed by atoms with van der Waals surface area (Å²) in [7, 11) is 0. The van der Waals surface area contributed by atoms with E-state index < -0.39 is 5.91 Å². The van der Waals surface area contributed by atoms with Crippen LogP contribution in [0, 0.1) is 20.8 Å². The molecule has 2 N–H and O–H groups in total. The molecular formula is C20H21N3O3. The number of carbonyl (C=O) groups is 2. The second-order valence-electron chi connectivity index (χ2n) is 6.52.